The zero-order chi connectivity index (χ0) is 13.3. The number of pyridine rings is 1. The fraction of sp³-hybridized carbons (Fsp3) is 0.333. The number of Topliss-reactive ketones (excluding diaryl/α,β-unsaturated/α-hetero) is 1. The molecule has 0 aliphatic carbocycles. The molecule has 0 radical (unpaired) electrons. The lowest BCUT2D eigenvalue weighted by Crippen LogP contribution is -2.20. The van der Waals surface area contributed by atoms with Crippen LogP contribution in [-0.4, -0.2) is 17.9 Å². The summed E-state index contributed by atoms with van der Waals surface area (Å²) in [7, 11) is 1.62. The second-order valence-electron chi connectivity index (χ2n) is 5.33. The number of hydrogen-bond acceptors (Lipinski definition) is 3. The van der Waals surface area contributed by atoms with Gasteiger partial charge in [0.1, 0.15) is 5.75 Å². The molecule has 0 aliphatic heterocycles. The van der Waals surface area contributed by atoms with Crippen LogP contribution in [0, 0.1) is 5.41 Å². The minimum atomic E-state index is -0.405. The van der Waals surface area contributed by atoms with Crippen molar-refractivity contribution in [3.8, 4) is 5.75 Å². The number of carbonyl (C=O) groups excluding carboxylic acids is 1. The van der Waals surface area contributed by atoms with E-state index in [1.807, 2.05) is 45.0 Å². The maximum Gasteiger partial charge on any atom is 0.169 e. The first-order chi connectivity index (χ1) is 8.43. The van der Waals surface area contributed by atoms with Crippen molar-refractivity contribution in [1.82, 2.24) is 4.98 Å². The quantitative estimate of drug-likeness (QED) is 0.758. The van der Waals surface area contributed by atoms with Gasteiger partial charge in [0.25, 0.3) is 0 Å². The first-order valence-electron chi connectivity index (χ1n) is 5.91. The first-order valence-corrected chi connectivity index (χ1v) is 5.91. The highest BCUT2D eigenvalue weighted by atomic mass is 16.5. The number of hydrogen-bond donors (Lipinski definition) is 0. The molecule has 1 aromatic heterocycles. The molecule has 2 aromatic rings. The maximum atomic E-state index is 12.2. The van der Waals surface area contributed by atoms with E-state index in [0.717, 1.165) is 16.7 Å². The average molecular weight is 243 g/mol. The third-order valence-corrected chi connectivity index (χ3v) is 2.85. The Labute approximate surface area is 107 Å². The lowest BCUT2D eigenvalue weighted by Gasteiger charge is -2.16. The smallest absolute Gasteiger partial charge is 0.169 e. The summed E-state index contributed by atoms with van der Waals surface area (Å²) in [6.45, 7) is 5.71. The largest absolute Gasteiger partial charge is 0.496 e. The Morgan fingerprint density at radius 3 is 2.61 bits per heavy atom. The molecule has 0 bridgehead atoms. The number of nitrogens with zero attached hydrogens (tertiary/aromatic N) is 1. The van der Waals surface area contributed by atoms with Crippen molar-refractivity contribution in [1.29, 1.82) is 0 Å². The van der Waals surface area contributed by atoms with Crippen LogP contribution in [0.25, 0.3) is 10.9 Å². The van der Waals surface area contributed by atoms with Gasteiger partial charge in [-0.3, -0.25) is 9.78 Å². The van der Waals surface area contributed by atoms with Gasteiger partial charge >= 0.3 is 0 Å². The van der Waals surface area contributed by atoms with E-state index in [0.29, 0.717) is 5.56 Å². The summed E-state index contributed by atoms with van der Waals surface area (Å²) >= 11 is 0. The topological polar surface area (TPSA) is 39.2 Å². The molecular weight excluding hydrogens is 226 g/mol. The number of ether oxygens (including phenoxy) is 1. The Balaban J connectivity index is 2.60. The van der Waals surface area contributed by atoms with E-state index in [2.05, 4.69) is 4.98 Å². The SMILES string of the molecule is COc1cccc2ncc(C(=O)C(C)(C)C)cc12. The molecule has 0 atom stereocenters. The summed E-state index contributed by atoms with van der Waals surface area (Å²) in [5.41, 5.74) is 1.05. The van der Waals surface area contributed by atoms with Crippen molar-refractivity contribution in [2.45, 2.75) is 20.8 Å². The van der Waals surface area contributed by atoms with Crippen molar-refractivity contribution >= 4 is 16.7 Å². The molecule has 0 fully saturated rings. The normalized spacial score (nSPS) is 11.6. The maximum absolute atomic E-state index is 12.2. The zero-order valence-electron chi connectivity index (χ0n) is 11.2. The Hall–Kier alpha value is -1.90. The molecular formula is C15H17NO2. The molecule has 3 nitrogen and oxygen atoms in total. The number of carbonyl (C=O) groups is 1. The fourth-order valence-corrected chi connectivity index (χ4v) is 1.86. The molecule has 18 heavy (non-hydrogen) atoms. The Morgan fingerprint density at radius 2 is 2.00 bits per heavy atom. The Kier molecular flexibility index (Phi) is 3.07. The molecule has 0 saturated carbocycles. The van der Waals surface area contributed by atoms with E-state index in [1.165, 1.54) is 0 Å². The van der Waals surface area contributed by atoms with Gasteiger partial charge in [-0.25, -0.2) is 0 Å². The van der Waals surface area contributed by atoms with E-state index >= 15 is 0 Å². The lowest BCUT2D eigenvalue weighted by atomic mass is 9.87. The van der Waals surface area contributed by atoms with E-state index < -0.39 is 5.41 Å². The molecule has 0 saturated heterocycles. The lowest BCUT2D eigenvalue weighted by molar-refractivity contribution is 0.0858. The van der Waals surface area contributed by atoms with Crippen molar-refractivity contribution < 1.29 is 9.53 Å². The molecule has 3 heteroatoms. The fourth-order valence-electron chi connectivity index (χ4n) is 1.86. The summed E-state index contributed by atoms with van der Waals surface area (Å²) < 4.78 is 5.30. The third kappa shape index (κ3) is 2.21. The van der Waals surface area contributed by atoms with Gasteiger partial charge in [0.15, 0.2) is 5.78 Å². The molecule has 0 amide bonds. The van der Waals surface area contributed by atoms with E-state index in [-0.39, 0.29) is 5.78 Å². The van der Waals surface area contributed by atoms with Crippen LogP contribution < -0.4 is 4.74 Å². The molecule has 0 N–H and O–H groups in total. The molecule has 1 aromatic carbocycles. The summed E-state index contributed by atoms with van der Waals surface area (Å²) in [6.07, 6.45) is 1.63. The first kappa shape index (κ1) is 12.6. The highest BCUT2D eigenvalue weighted by Gasteiger charge is 2.23. The predicted octanol–water partition coefficient (Wildman–Crippen LogP) is 3.47. The molecule has 1 heterocycles. The number of aromatic nitrogens is 1. The molecule has 94 valence electrons. The van der Waals surface area contributed by atoms with Crippen molar-refractivity contribution in [3.05, 3.63) is 36.0 Å². The standard InChI is InChI=1S/C15H17NO2/c1-15(2,3)14(17)10-8-11-12(16-9-10)6-5-7-13(11)18-4/h5-9H,1-4H3. The average Bonchev–Trinajstić information content (AvgIpc) is 2.35. The van der Waals surface area contributed by atoms with Crippen LogP contribution in [0.3, 0.4) is 0 Å². The van der Waals surface area contributed by atoms with Crippen LogP contribution in [0.5, 0.6) is 5.75 Å². The van der Waals surface area contributed by atoms with Gasteiger partial charge in [-0.1, -0.05) is 26.8 Å². The van der Waals surface area contributed by atoms with Gasteiger partial charge in [-0.15, -0.1) is 0 Å². The predicted molar refractivity (Wildman–Crippen MR) is 72.1 cm³/mol. The van der Waals surface area contributed by atoms with Crippen LogP contribution >= 0.6 is 0 Å². The zero-order valence-corrected chi connectivity index (χ0v) is 11.2. The number of fused-ring (bicyclic) bond motifs is 1. The van der Waals surface area contributed by atoms with Gasteiger partial charge in [-0.2, -0.15) is 0 Å². The highest BCUT2D eigenvalue weighted by molar-refractivity contribution is 6.02. The highest BCUT2D eigenvalue weighted by Crippen LogP contribution is 2.27. The van der Waals surface area contributed by atoms with Crippen LogP contribution in [0.15, 0.2) is 30.5 Å². The second kappa shape index (κ2) is 4.41. The van der Waals surface area contributed by atoms with Crippen LogP contribution in [0.2, 0.25) is 0 Å². The van der Waals surface area contributed by atoms with E-state index in [9.17, 15) is 4.79 Å². The van der Waals surface area contributed by atoms with E-state index in [4.69, 9.17) is 4.74 Å². The number of benzene rings is 1. The van der Waals surface area contributed by atoms with E-state index in [1.54, 1.807) is 13.3 Å². The van der Waals surface area contributed by atoms with Crippen LogP contribution in [-0.2, 0) is 0 Å². The van der Waals surface area contributed by atoms with Gasteiger partial charge in [0.2, 0.25) is 0 Å². The van der Waals surface area contributed by atoms with Gasteiger partial charge in [0, 0.05) is 22.6 Å². The number of ketones is 1. The molecule has 0 unspecified atom stereocenters. The Bertz CT molecular complexity index is 597. The minimum Gasteiger partial charge on any atom is -0.496 e. The van der Waals surface area contributed by atoms with Crippen LogP contribution in [0.4, 0.5) is 0 Å². The molecule has 0 aliphatic rings. The van der Waals surface area contributed by atoms with Crippen molar-refractivity contribution in [2.75, 3.05) is 7.11 Å². The monoisotopic (exact) mass is 243 g/mol. The minimum absolute atomic E-state index is 0.0859. The number of methoxy groups -OCH3 is 1. The van der Waals surface area contributed by atoms with Gasteiger partial charge < -0.3 is 4.74 Å². The summed E-state index contributed by atoms with van der Waals surface area (Å²) in [4.78, 5) is 16.6. The second-order valence-corrected chi connectivity index (χ2v) is 5.33. The molecule has 2 rings (SSSR count). The number of rotatable bonds is 2. The summed E-state index contributed by atoms with van der Waals surface area (Å²) in [5, 5.41) is 0.870. The van der Waals surface area contributed by atoms with Gasteiger partial charge in [-0.05, 0) is 18.2 Å². The Morgan fingerprint density at radius 1 is 1.28 bits per heavy atom. The summed E-state index contributed by atoms with van der Waals surface area (Å²) in [6, 6.07) is 7.52. The van der Waals surface area contributed by atoms with Gasteiger partial charge in [0.05, 0.1) is 12.6 Å². The third-order valence-electron chi connectivity index (χ3n) is 2.85. The van der Waals surface area contributed by atoms with Crippen molar-refractivity contribution in [2.24, 2.45) is 5.41 Å². The van der Waals surface area contributed by atoms with Crippen molar-refractivity contribution in [3.63, 3.8) is 0 Å². The van der Waals surface area contributed by atoms with Crippen LogP contribution in [0.1, 0.15) is 31.1 Å². The molecule has 0 spiro atoms. The summed E-state index contributed by atoms with van der Waals surface area (Å²) in [5.74, 6) is 0.825.